The highest BCUT2D eigenvalue weighted by Gasteiger charge is 2.38. The zero-order valence-electron chi connectivity index (χ0n) is 14.1. The average Bonchev–Trinajstić information content (AvgIpc) is 3.26. The Balaban J connectivity index is 1.91. The third-order valence-corrected chi connectivity index (χ3v) is 5.53. The van der Waals surface area contributed by atoms with Crippen molar-refractivity contribution in [2.45, 2.75) is 13.0 Å². The Morgan fingerprint density at radius 2 is 2.00 bits per heavy atom. The maximum atomic E-state index is 9.92. The van der Waals surface area contributed by atoms with Gasteiger partial charge in [-0.05, 0) is 42.8 Å². The highest BCUT2D eigenvalue weighted by molar-refractivity contribution is 7.13. The van der Waals surface area contributed by atoms with Crippen molar-refractivity contribution >= 4 is 34.3 Å². The van der Waals surface area contributed by atoms with Gasteiger partial charge in [0.2, 0.25) is 0 Å². The molecular formula is C20H17ClN2O2S. The molecule has 1 aliphatic rings. The highest BCUT2D eigenvalue weighted by Crippen LogP contribution is 2.48. The number of aryl methyl sites for hydroxylation is 1. The molecule has 1 atom stereocenters. The summed E-state index contributed by atoms with van der Waals surface area (Å²) in [4.78, 5) is 12.6. The topological polar surface area (TPSA) is 45.6 Å². The number of hydroxylamine groups is 2. The fraction of sp³-hybridized carbons (Fsp3) is 0.150. The molecule has 132 valence electrons. The predicted octanol–water partition coefficient (Wildman–Crippen LogP) is 4.91. The summed E-state index contributed by atoms with van der Waals surface area (Å²) in [6.45, 7) is 1.83. The summed E-state index contributed by atoms with van der Waals surface area (Å²) in [6, 6.07) is 15.4. The largest absolute Gasteiger partial charge is 0.401 e. The fourth-order valence-corrected chi connectivity index (χ4v) is 4.11. The Bertz CT molecular complexity index is 938. The van der Waals surface area contributed by atoms with E-state index in [4.69, 9.17) is 16.4 Å². The van der Waals surface area contributed by atoms with Crippen molar-refractivity contribution in [1.29, 1.82) is 0 Å². The maximum absolute atomic E-state index is 9.92. The molecule has 0 amide bonds. The van der Waals surface area contributed by atoms with Crippen LogP contribution in [-0.2, 0) is 4.84 Å². The van der Waals surface area contributed by atoms with E-state index in [9.17, 15) is 5.11 Å². The number of hydrogen-bond donors (Lipinski definition) is 1. The highest BCUT2D eigenvalue weighted by atomic mass is 35.5. The van der Waals surface area contributed by atoms with Crippen molar-refractivity contribution in [1.82, 2.24) is 10.0 Å². The van der Waals surface area contributed by atoms with E-state index in [2.05, 4.69) is 18.0 Å². The van der Waals surface area contributed by atoms with E-state index < -0.39 is 0 Å². The number of nitrogens with zero attached hydrogens (tertiary/aromatic N) is 2. The summed E-state index contributed by atoms with van der Waals surface area (Å²) in [5.74, 6) is 0.755. The minimum absolute atomic E-state index is 0.231. The van der Waals surface area contributed by atoms with Crippen molar-refractivity contribution in [2.24, 2.45) is 0 Å². The van der Waals surface area contributed by atoms with E-state index in [1.54, 1.807) is 22.6 Å². The van der Waals surface area contributed by atoms with E-state index >= 15 is 0 Å². The first-order valence-electron chi connectivity index (χ1n) is 8.19. The van der Waals surface area contributed by atoms with Crippen LogP contribution in [0.5, 0.6) is 0 Å². The first-order valence-corrected chi connectivity index (χ1v) is 9.39. The van der Waals surface area contributed by atoms with Gasteiger partial charge in [-0.2, -0.15) is 0 Å². The quantitative estimate of drug-likeness (QED) is 0.694. The molecule has 1 unspecified atom stereocenters. The zero-order valence-corrected chi connectivity index (χ0v) is 15.7. The Labute approximate surface area is 160 Å². The average molecular weight is 385 g/mol. The standard InChI is InChI=1S/C20H17ClN2O2S/c1-13-4-9-17(26-13)20-18(15-3-2-10-22-11-15)19(23(12-24)25-20)14-5-7-16(21)8-6-14/h2-11,19,24H,12H2,1H3. The molecule has 4 nitrogen and oxygen atoms in total. The molecule has 6 heteroatoms. The third kappa shape index (κ3) is 3.15. The van der Waals surface area contributed by atoms with E-state index in [0.717, 1.165) is 27.3 Å². The molecule has 2 aromatic heterocycles. The Morgan fingerprint density at radius 3 is 2.62 bits per heavy atom. The second kappa shape index (κ2) is 7.21. The summed E-state index contributed by atoms with van der Waals surface area (Å²) < 4.78 is 0. The van der Waals surface area contributed by atoms with E-state index in [-0.39, 0.29) is 12.8 Å². The molecule has 0 saturated heterocycles. The van der Waals surface area contributed by atoms with Gasteiger partial charge in [-0.1, -0.05) is 29.8 Å². The van der Waals surface area contributed by atoms with Gasteiger partial charge in [0.1, 0.15) is 12.8 Å². The SMILES string of the molecule is Cc1ccc(C2=C(c3cccnc3)C(c3ccc(Cl)cc3)N(CO)O2)s1. The third-order valence-electron chi connectivity index (χ3n) is 4.28. The van der Waals surface area contributed by atoms with Gasteiger partial charge in [0, 0.05) is 33.4 Å². The van der Waals surface area contributed by atoms with Crippen molar-refractivity contribution in [3.63, 3.8) is 0 Å². The van der Waals surface area contributed by atoms with Crippen LogP contribution in [0.3, 0.4) is 0 Å². The first kappa shape index (κ1) is 17.2. The van der Waals surface area contributed by atoms with E-state index in [0.29, 0.717) is 5.02 Å². The smallest absolute Gasteiger partial charge is 0.170 e. The summed E-state index contributed by atoms with van der Waals surface area (Å²) >= 11 is 7.72. The summed E-state index contributed by atoms with van der Waals surface area (Å²) in [5, 5.41) is 12.2. The summed E-state index contributed by atoms with van der Waals surface area (Å²) in [5.41, 5.74) is 2.94. The van der Waals surface area contributed by atoms with Crippen molar-refractivity contribution in [3.05, 3.63) is 86.8 Å². The van der Waals surface area contributed by atoms with Crippen LogP contribution in [0.2, 0.25) is 5.02 Å². The molecular weight excluding hydrogens is 368 g/mol. The summed E-state index contributed by atoms with van der Waals surface area (Å²) in [6.07, 6.45) is 3.57. The molecule has 1 aromatic carbocycles. The predicted molar refractivity (Wildman–Crippen MR) is 104 cm³/mol. The zero-order chi connectivity index (χ0) is 18.1. The van der Waals surface area contributed by atoms with Crippen LogP contribution in [0.1, 0.15) is 26.9 Å². The number of rotatable bonds is 4. The number of aromatic nitrogens is 1. The van der Waals surface area contributed by atoms with Crippen LogP contribution < -0.4 is 0 Å². The van der Waals surface area contributed by atoms with Crippen molar-refractivity contribution in [2.75, 3.05) is 6.73 Å². The number of pyridine rings is 1. The molecule has 0 saturated carbocycles. The van der Waals surface area contributed by atoms with Crippen molar-refractivity contribution < 1.29 is 9.94 Å². The van der Waals surface area contributed by atoms with E-state index in [1.807, 2.05) is 48.7 Å². The lowest BCUT2D eigenvalue weighted by atomic mass is 9.93. The second-order valence-electron chi connectivity index (χ2n) is 6.00. The molecule has 26 heavy (non-hydrogen) atoms. The number of hydrogen-bond acceptors (Lipinski definition) is 5. The fourth-order valence-electron chi connectivity index (χ4n) is 3.12. The molecule has 0 aliphatic carbocycles. The van der Waals surface area contributed by atoms with Crippen LogP contribution in [-0.4, -0.2) is 21.9 Å². The number of thiophene rings is 1. The molecule has 0 spiro atoms. The van der Waals surface area contributed by atoms with Crippen LogP contribution in [0.4, 0.5) is 0 Å². The van der Waals surface area contributed by atoms with Crippen molar-refractivity contribution in [3.8, 4) is 0 Å². The van der Waals surface area contributed by atoms with Gasteiger partial charge in [0.05, 0.1) is 4.88 Å². The minimum atomic E-state index is -0.251. The van der Waals surface area contributed by atoms with Gasteiger partial charge < -0.3 is 9.94 Å². The number of benzene rings is 1. The lowest BCUT2D eigenvalue weighted by Crippen LogP contribution is -2.24. The Kier molecular flexibility index (Phi) is 4.78. The number of aliphatic hydroxyl groups excluding tert-OH is 1. The van der Waals surface area contributed by atoms with Gasteiger partial charge in [0.25, 0.3) is 0 Å². The van der Waals surface area contributed by atoms with Crippen LogP contribution in [0.25, 0.3) is 11.3 Å². The molecule has 0 bridgehead atoms. The van der Waals surface area contributed by atoms with Gasteiger partial charge in [-0.25, -0.2) is 0 Å². The summed E-state index contributed by atoms with van der Waals surface area (Å²) in [7, 11) is 0. The lowest BCUT2D eigenvalue weighted by Gasteiger charge is -2.22. The molecule has 1 aliphatic heterocycles. The van der Waals surface area contributed by atoms with Gasteiger partial charge in [0.15, 0.2) is 5.76 Å². The van der Waals surface area contributed by atoms with Gasteiger partial charge in [-0.15, -0.1) is 16.4 Å². The number of aliphatic hydroxyl groups is 1. The maximum Gasteiger partial charge on any atom is 0.170 e. The molecule has 3 heterocycles. The van der Waals surface area contributed by atoms with Gasteiger partial charge >= 0.3 is 0 Å². The molecule has 1 N–H and O–H groups in total. The van der Waals surface area contributed by atoms with E-state index in [1.165, 1.54) is 4.88 Å². The molecule has 3 aromatic rings. The molecule has 4 rings (SSSR count). The normalized spacial score (nSPS) is 17.6. The van der Waals surface area contributed by atoms with Crippen LogP contribution in [0, 0.1) is 6.92 Å². The lowest BCUT2D eigenvalue weighted by molar-refractivity contribution is -0.142. The molecule has 0 radical (unpaired) electrons. The Hall–Kier alpha value is -2.18. The Morgan fingerprint density at radius 1 is 1.19 bits per heavy atom. The monoisotopic (exact) mass is 384 g/mol. The van der Waals surface area contributed by atoms with Crippen LogP contribution >= 0.6 is 22.9 Å². The van der Waals surface area contributed by atoms with Gasteiger partial charge in [-0.3, -0.25) is 4.98 Å². The number of halogens is 1. The molecule has 0 fully saturated rings. The second-order valence-corrected chi connectivity index (χ2v) is 7.72. The minimum Gasteiger partial charge on any atom is -0.401 e. The first-order chi connectivity index (χ1) is 12.7. The van der Waals surface area contributed by atoms with Crippen LogP contribution in [0.15, 0.2) is 60.9 Å².